The zero-order chi connectivity index (χ0) is 21.8. The molecule has 1 unspecified atom stereocenters. The van der Waals surface area contributed by atoms with Gasteiger partial charge in [-0.05, 0) is 24.6 Å². The van der Waals surface area contributed by atoms with Crippen LogP contribution in [-0.2, 0) is 14.3 Å². The van der Waals surface area contributed by atoms with Gasteiger partial charge in [0.05, 0.1) is 31.1 Å². The van der Waals surface area contributed by atoms with Gasteiger partial charge in [0.1, 0.15) is 16.6 Å². The van der Waals surface area contributed by atoms with E-state index >= 15 is 0 Å². The molecule has 6 nitrogen and oxygen atoms in total. The number of ether oxygens (including phenoxy) is 2. The van der Waals surface area contributed by atoms with Crippen LogP contribution in [0.2, 0.25) is 0 Å². The third-order valence-corrected chi connectivity index (χ3v) is 6.00. The van der Waals surface area contributed by atoms with Gasteiger partial charge in [-0.1, -0.05) is 6.07 Å². The molecule has 31 heavy (non-hydrogen) atoms. The largest absolute Gasteiger partial charge is 0.463 e. The Labute approximate surface area is 183 Å². The third-order valence-electron chi connectivity index (χ3n) is 5.20. The molecule has 1 atom stereocenters. The molecule has 0 aliphatic carbocycles. The van der Waals surface area contributed by atoms with Crippen molar-refractivity contribution in [3.05, 3.63) is 69.3 Å². The van der Waals surface area contributed by atoms with Crippen LogP contribution in [0, 0.1) is 11.6 Å². The second-order valence-corrected chi connectivity index (χ2v) is 8.08. The molecule has 2 aliphatic heterocycles. The fraction of sp³-hybridized carbons (Fsp3) is 0.364. The van der Waals surface area contributed by atoms with Gasteiger partial charge >= 0.3 is 5.97 Å². The molecule has 0 saturated carbocycles. The van der Waals surface area contributed by atoms with Crippen LogP contribution in [0.25, 0.3) is 5.70 Å². The molecule has 1 aromatic carbocycles. The number of hydrogen-bond acceptors (Lipinski definition) is 7. The molecule has 0 amide bonds. The number of carbonyl (C=O) groups is 1. The van der Waals surface area contributed by atoms with Gasteiger partial charge in [-0.2, -0.15) is 0 Å². The zero-order valence-corrected chi connectivity index (χ0v) is 17.9. The molecule has 0 spiro atoms. The number of carbonyl (C=O) groups excluding carboxylic acids is 1. The Hall–Kier alpha value is -2.62. The Morgan fingerprint density at radius 1 is 1.35 bits per heavy atom. The van der Waals surface area contributed by atoms with E-state index in [-0.39, 0.29) is 12.2 Å². The Bertz CT molecular complexity index is 1000. The fourth-order valence-corrected chi connectivity index (χ4v) is 4.37. The fourth-order valence-electron chi connectivity index (χ4n) is 3.76. The summed E-state index contributed by atoms with van der Waals surface area (Å²) in [5.41, 5.74) is 1.83. The maximum atomic E-state index is 14.8. The number of aromatic nitrogens is 1. The quantitative estimate of drug-likeness (QED) is 0.686. The van der Waals surface area contributed by atoms with E-state index < -0.39 is 23.5 Å². The Morgan fingerprint density at radius 3 is 2.84 bits per heavy atom. The standard InChI is InChI=1S/C22H23F2N3O3S/c1-2-30-22(28)20-16(15-4-3-14(23)11-17(15)24)12-18(21-25-5-10-31-21)26-19(20)13-27-6-8-29-9-7-27/h3-5,10-12,16,26H,2,6-9,13H2,1H3. The molecule has 1 N–H and O–H groups in total. The summed E-state index contributed by atoms with van der Waals surface area (Å²) in [5, 5.41) is 5.89. The number of thiazole rings is 1. The average Bonchev–Trinajstić information content (AvgIpc) is 3.29. The molecule has 0 bridgehead atoms. The maximum absolute atomic E-state index is 14.8. The number of nitrogens with zero attached hydrogens (tertiary/aromatic N) is 2. The second kappa shape index (κ2) is 9.67. The van der Waals surface area contributed by atoms with Gasteiger partial charge < -0.3 is 14.8 Å². The van der Waals surface area contributed by atoms with Gasteiger partial charge in [0, 0.05) is 48.9 Å². The molecule has 3 heterocycles. The van der Waals surface area contributed by atoms with Gasteiger partial charge in [0.15, 0.2) is 0 Å². The molecule has 9 heteroatoms. The number of rotatable bonds is 6. The maximum Gasteiger partial charge on any atom is 0.336 e. The van der Waals surface area contributed by atoms with Gasteiger partial charge in [-0.3, -0.25) is 4.90 Å². The second-order valence-electron chi connectivity index (χ2n) is 7.19. The van der Waals surface area contributed by atoms with E-state index in [9.17, 15) is 13.6 Å². The first kappa shape index (κ1) is 21.6. The smallest absolute Gasteiger partial charge is 0.336 e. The first-order valence-electron chi connectivity index (χ1n) is 10.1. The van der Waals surface area contributed by atoms with Crippen molar-refractivity contribution in [1.29, 1.82) is 0 Å². The molecule has 1 aromatic heterocycles. The summed E-state index contributed by atoms with van der Waals surface area (Å²) >= 11 is 1.43. The van der Waals surface area contributed by atoms with Crippen molar-refractivity contribution in [2.75, 3.05) is 39.5 Å². The van der Waals surface area contributed by atoms with Crippen LogP contribution in [0.3, 0.4) is 0 Å². The van der Waals surface area contributed by atoms with Crippen molar-refractivity contribution in [3.8, 4) is 0 Å². The van der Waals surface area contributed by atoms with Crippen LogP contribution in [-0.4, -0.2) is 55.3 Å². The first-order chi connectivity index (χ1) is 15.1. The average molecular weight is 448 g/mol. The summed E-state index contributed by atoms with van der Waals surface area (Å²) in [6.45, 7) is 5.00. The summed E-state index contributed by atoms with van der Waals surface area (Å²) in [5.74, 6) is -2.65. The van der Waals surface area contributed by atoms with E-state index in [0.29, 0.717) is 49.8 Å². The number of benzene rings is 1. The summed E-state index contributed by atoms with van der Waals surface area (Å²) < 4.78 is 39.1. The van der Waals surface area contributed by atoms with Crippen molar-refractivity contribution < 1.29 is 23.0 Å². The van der Waals surface area contributed by atoms with E-state index in [0.717, 1.165) is 11.1 Å². The number of nitrogens with one attached hydrogen (secondary N) is 1. The van der Waals surface area contributed by atoms with E-state index in [1.807, 2.05) is 5.38 Å². The number of esters is 1. The Kier molecular flexibility index (Phi) is 6.74. The van der Waals surface area contributed by atoms with Crippen LogP contribution in [0.4, 0.5) is 8.78 Å². The van der Waals surface area contributed by atoms with Crippen LogP contribution in [0.5, 0.6) is 0 Å². The number of dihydropyridines is 1. The number of morpholine rings is 1. The lowest BCUT2D eigenvalue weighted by Crippen LogP contribution is -2.41. The lowest BCUT2D eigenvalue weighted by Gasteiger charge is -2.32. The summed E-state index contributed by atoms with van der Waals surface area (Å²) in [4.78, 5) is 19.5. The molecule has 1 fully saturated rings. The molecular formula is C22H23F2N3O3S. The molecule has 2 aliphatic rings. The highest BCUT2D eigenvalue weighted by atomic mass is 32.1. The predicted molar refractivity (Wildman–Crippen MR) is 113 cm³/mol. The molecule has 164 valence electrons. The molecule has 2 aromatic rings. The minimum atomic E-state index is -0.740. The van der Waals surface area contributed by atoms with Crippen molar-refractivity contribution in [3.63, 3.8) is 0 Å². The van der Waals surface area contributed by atoms with Crippen molar-refractivity contribution in [1.82, 2.24) is 15.2 Å². The first-order valence-corrected chi connectivity index (χ1v) is 11.0. The predicted octanol–water partition coefficient (Wildman–Crippen LogP) is 3.30. The van der Waals surface area contributed by atoms with Gasteiger partial charge in [0.25, 0.3) is 0 Å². The molecular weight excluding hydrogens is 424 g/mol. The van der Waals surface area contributed by atoms with E-state index in [2.05, 4.69) is 15.2 Å². The highest BCUT2D eigenvalue weighted by Gasteiger charge is 2.33. The third kappa shape index (κ3) is 4.84. The van der Waals surface area contributed by atoms with Crippen molar-refractivity contribution in [2.24, 2.45) is 0 Å². The number of allylic oxidation sites excluding steroid dienone is 1. The van der Waals surface area contributed by atoms with Gasteiger partial charge in [-0.25, -0.2) is 18.6 Å². The van der Waals surface area contributed by atoms with Crippen molar-refractivity contribution >= 4 is 23.0 Å². The summed E-state index contributed by atoms with van der Waals surface area (Å²) in [6.07, 6.45) is 3.44. The SMILES string of the molecule is CCOC(=O)C1=C(CN2CCOCC2)NC(c2nccs2)=CC1c1ccc(F)cc1F. The lowest BCUT2D eigenvalue weighted by atomic mass is 9.86. The van der Waals surface area contributed by atoms with Gasteiger partial charge in [-0.15, -0.1) is 11.3 Å². The lowest BCUT2D eigenvalue weighted by molar-refractivity contribution is -0.138. The normalized spacial score (nSPS) is 19.7. The number of hydrogen-bond donors (Lipinski definition) is 1. The van der Waals surface area contributed by atoms with E-state index in [1.54, 1.807) is 19.2 Å². The van der Waals surface area contributed by atoms with Gasteiger partial charge in [0.2, 0.25) is 0 Å². The molecule has 4 rings (SSSR count). The van der Waals surface area contributed by atoms with E-state index in [4.69, 9.17) is 9.47 Å². The highest BCUT2D eigenvalue weighted by molar-refractivity contribution is 7.10. The van der Waals surface area contributed by atoms with Crippen LogP contribution in [0.15, 0.2) is 47.1 Å². The highest BCUT2D eigenvalue weighted by Crippen LogP contribution is 2.37. The summed E-state index contributed by atoms with van der Waals surface area (Å²) in [6, 6.07) is 3.41. The zero-order valence-electron chi connectivity index (χ0n) is 17.1. The monoisotopic (exact) mass is 447 g/mol. The minimum absolute atomic E-state index is 0.189. The Balaban J connectivity index is 1.81. The number of halogens is 2. The van der Waals surface area contributed by atoms with Crippen LogP contribution >= 0.6 is 11.3 Å². The van der Waals surface area contributed by atoms with Crippen LogP contribution < -0.4 is 5.32 Å². The van der Waals surface area contributed by atoms with Crippen LogP contribution in [0.1, 0.15) is 23.4 Å². The van der Waals surface area contributed by atoms with Crippen molar-refractivity contribution in [2.45, 2.75) is 12.8 Å². The summed E-state index contributed by atoms with van der Waals surface area (Å²) in [7, 11) is 0. The molecule has 0 radical (unpaired) electrons. The molecule has 1 saturated heterocycles. The topological polar surface area (TPSA) is 63.7 Å². The minimum Gasteiger partial charge on any atom is -0.463 e. The van der Waals surface area contributed by atoms with E-state index in [1.165, 1.54) is 23.5 Å². The Morgan fingerprint density at radius 2 is 2.16 bits per heavy atom.